The van der Waals surface area contributed by atoms with E-state index in [9.17, 15) is 4.79 Å². The lowest BCUT2D eigenvalue weighted by Crippen LogP contribution is -2.51. The Kier molecular flexibility index (Phi) is 9.06. The molecule has 120 valence electrons. The average molecular weight is 286 g/mol. The molecule has 0 bridgehead atoms. The minimum Gasteiger partial charge on any atom is -0.465 e. The lowest BCUT2D eigenvalue weighted by atomic mass is 9.93. The van der Waals surface area contributed by atoms with Crippen LogP contribution in [0.25, 0.3) is 0 Å². The summed E-state index contributed by atoms with van der Waals surface area (Å²) in [4.78, 5) is 14.3. The highest BCUT2D eigenvalue weighted by molar-refractivity contribution is 5.80. The van der Waals surface area contributed by atoms with Gasteiger partial charge < -0.3 is 15.4 Å². The van der Waals surface area contributed by atoms with Crippen molar-refractivity contribution in [2.45, 2.75) is 72.4 Å². The van der Waals surface area contributed by atoms with Crippen molar-refractivity contribution >= 4 is 5.97 Å². The van der Waals surface area contributed by atoms with E-state index in [0.29, 0.717) is 18.9 Å². The van der Waals surface area contributed by atoms with E-state index in [1.165, 1.54) is 12.8 Å². The summed E-state index contributed by atoms with van der Waals surface area (Å²) in [6.07, 6.45) is 3.01. The summed E-state index contributed by atoms with van der Waals surface area (Å²) in [5.74, 6) is 0.412. The Morgan fingerprint density at radius 1 is 1.25 bits per heavy atom. The van der Waals surface area contributed by atoms with Crippen LogP contribution in [-0.4, -0.2) is 42.1 Å². The molecular formula is C16H34N2O2. The van der Waals surface area contributed by atoms with Gasteiger partial charge in [0.2, 0.25) is 0 Å². The number of rotatable bonds is 10. The molecule has 0 saturated heterocycles. The van der Waals surface area contributed by atoms with Crippen LogP contribution < -0.4 is 5.73 Å². The molecule has 0 aliphatic rings. The molecular weight excluding hydrogens is 252 g/mol. The van der Waals surface area contributed by atoms with Gasteiger partial charge in [-0.1, -0.05) is 33.6 Å². The van der Waals surface area contributed by atoms with Crippen molar-refractivity contribution in [1.29, 1.82) is 0 Å². The quantitative estimate of drug-likeness (QED) is 0.627. The number of nitrogens with two attached hydrogens (primary N) is 1. The van der Waals surface area contributed by atoms with Gasteiger partial charge in [-0.15, -0.1) is 0 Å². The molecule has 0 radical (unpaired) electrons. The molecule has 4 heteroatoms. The van der Waals surface area contributed by atoms with Gasteiger partial charge in [0.05, 0.1) is 6.61 Å². The van der Waals surface area contributed by atoms with Gasteiger partial charge in [0.25, 0.3) is 0 Å². The molecule has 0 fully saturated rings. The van der Waals surface area contributed by atoms with Crippen LogP contribution in [0.4, 0.5) is 0 Å². The Hall–Kier alpha value is -0.610. The van der Waals surface area contributed by atoms with Gasteiger partial charge >= 0.3 is 5.97 Å². The first kappa shape index (κ1) is 19.4. The molecule has 2 atom stereocenters. The Morgan fingerprint density at radius 3 is 2.20 bits per heavy atom. The fraction of sp³-hybridized carbons (Fsp3) is 0.938. The summed E-state index contributed by atoms with van der Waals surface area (Å²) in [6, 6.07) is 0.278. The summed E-state index contributed by atoms with van der Waals surface area (Å²) in [5.41, 5.74) is 5.23. The van der Waals surface area contributed by atoms with Crippen LogP contribution >= 0.6 is 0 Å². The molecule has 2 unspecified atom stereocenters. The lowest BCUT2D eigenvalue weighted by Gasteiger charge is -2.35. The van der Waals surface area contributed by atoms with Gasteiger partial charge in [0.15, 0.2) is 0 Å². The van der Waals surface area contributed by atoms with Crippen LogP contribution in [0, 0.1) is 5.92 Å². The summed E-state index contributed by atoms with van der Waals surface area (Å²) < 4.78 is 5.06. The first-order valence-electron chi connectivity index (χ1n) is 8.02. The van der Waals surface area contributed by atoms with Crippen LogP contribution in [0.15, 0.2) is 0 Å². The van der Waals surface area contributed by atoms with Crippen LogP contribution in [0.2, 0.25) is 0 Å². The number of carbonyl (C=O) groups excluding carboxylic acids is 1. The lowest BCUT2D eigenvalue weighted by molar-refractivity contribution is -0.149. The van der Waals surface area contributed by atoms with E-state index in [2.05, 4.69) is 32.6 Å². The fourth-order valence-electron chi connectivity index (χ4n) is 2.62. The van der Waals surface area contributed by atoms with Crippen LogP contribution in [0.1, 0.15) is 60.8 Å². The highest BCUT2D eigenvalue weighted by Gasteiger charge is 2.33. The zero-order chi connectivity index (χ0) is 15.8. The van der Waals surface area contributed by atoms with Crippen molar-refractivity contribution in [1.82, 2.24) is 4.90 Å². The van der Waals surface area contributed by atoms with Gasteiger partial charge in [0, 0.05) is 12.6 Å². The van der Waals surface area contributed by atoms with Crippen molar-refractivity contribution in [3.63, 3.8) is 0 Å². The van der Waals surface area contributed by atoms with E-state index in [4.69, 9.17) is 10.5 Å². The molecule has 20 heavy (non-hydrogen) atoms. The van der Waals surface area contributed by atoms with Crippen molar-refractivity contribution < 1.29 is 9.53 Å². The number of nitrogens with zero attached hydrogens (tertiary/aromatic N) is 1. The van der Waals surface area contributed by atoms with Crippen molar-refractivity contribution in [2.75, 3.05) is 19.7 Å². The SMILES string of the molecule is CCOC(=O)C(C)(N)CC(C)N(CC)CC(CC)CC. The Bertz CT molecular complexity index is 276. The normalized spacial score (nSPS) is 16.2. The summed E-state index contributed by atoms with van der Waals surface area (Å²) in [7, 11) is 0. The molecule has 0 aromatic carbocycles. The van der Waals surface area contributed by atoms with E-state index in [1.54, 1.807) is 6.92 Å². The number of hydrogen-bond acceptors (Lipinski definition) is 4. The zero-order valence-corrected chi connectivity index (χ0v) is 14.2. The first-order chi connectivity index (χ1) is 9.32. The first-order valence-corrected chi connectivity index (χ1v) is 8.02. The highest BCUT2D eigenvalue weighted by atomic mass is 16.5. The Morgan fingerprint density at radius 2 is 1.80 bits per heavy atom. The number of ether oxygens (including phenoxy) is 1. The second-order valence-corrected chi connectivity index (χ2v) is 5.96. The summed E-state index contributed by atoms with van der Waals surface area (Å²) >= 11 is 0. The smallest absolute Gasteiger partial charge is 0.325 e. The molecule has 2 N–H and O–H groups in total. The highest BCUT2D eigenvalue weighted by Crippen LogP contribution is 2.18. The molecule has 0 rings (SSSR count). The maximum atomic E-state index is 11.9. The third-order valence-corrected chi connectivity index (χ3v) is 4.14. The van der Waals surface area contributed by atoms with Crippen molar-refractivity contribution in [3.05, 3.63) is 0 Å². The number of carbonyl (C=O) groups is 1. The molecule has 0 heterocycles. The molecule has 0 aromatic rings. The second kappa shape index (κ2) is 9.35. The van der Waals surface area contributed by atoms with Gasteiger partial charge in [-0.3, -0.25) is 4.79 Å². The summed E-state index contributed by atoms with van der Waals surface area (Å²) in [5, 5.41) is 0. The van der Waals surface area contributed by atoms with Gasteiger partial charge in [0.1, 0.15) is 5.54 Å². The van der Waals surface area contributed by atoms with Gasteiger partial charge in [-0.25, -0.2) is 0 Å². The predicted octanol–water partition coefficient (Wildman–Crippen LogP) is 2.80. The Labute approximate surface area is 125 Å². The number of hydrogen-bond donors (Lipinski definition) is 1. The minimum atomic E-state index is -0.906. The third kappa shape index (κ3) is 6.23. The third-order valence-electron chi connectivity index (χ3n) is 4.14. The van der Waals surface area contributed by atoms with E-state index in [1.807, 2.05) is 6.92 Å². The van der Waals surface area contributed by atoms with Crippen molar-refractivity contribution in [3.8, 4) is 0 Å². The maximum absolute atomic E-state index is 11.9. The molecule has 0 saturated carbocycles. The van der Waals surface area contributed by atoms with Gasteiger partial charge in [-0.05, 0) is 39.7 Å². The summed E-state index contributed by atoms with van der Waals surface area (Å²) in [6.45, 7) is 14.8. The van der Waals surface area contributed by atoms with Crippen LogP contribution in [0.3, 0.4) is 0 Å². The minimum absolute atomic E-state index is 0.278. The largest absolute Gasteiger partial charge is 0.465 e. The number of esters is 1. The maximum Gasteiger partial charge on any atom is 0.325 e. The second-order valence-electron chi connectivity index (χ2n) is 5.96. The topological polar surface area (TPSA) is 55.6 Å². The standard InChI is InChI=1S/C16H34N2O2/c1-7-14(8-2)12-18(9-3)13(5)11-16(6,17)15(19)20-10-4/h13-14H,7-12,17H2,1-6H3. The van der Waals surface area contributed by atoms with Crippen molar-refractivity contribution in [2.24, 2.45) is 11.7 Å². The molecule has 0 aliphatic carbocycles. The van der Waals surface area contributed by atoms with E-state index in [0.717, 1.165) is 13.1 Å². The predicted molar refractivity (Wildman–Crippen MR) is 84.6 cm³/mol. The molecule has 4 nitrogen and oxygen atoms in total. The molecule has 0 spiro atoms. The average Bonchev–Trinajstić information content (AvgIpc) is 2.39. The fourth-order valence-corrected chi connectivity index (χ4v) is 2.62. The van der Waals surface area contributed by atoms with E-state index < -0.39 is 5.54 Å². The molecule has 0 aliphatic heterocycles. The van der Waals surface area contributed by atoms with Crippen LogP contribution in [-0.2, 0) is 9.53 Å². The van der Waals surface area contributed by atoms with Crippen LogP contribution in [0.5, 0.6) is 0 Å². The van der Waals surface area contributed by atoms with E-state index in [-0.39, 0.29) is 12.0 Å². The monoisotopic (exact) mass is 286 g/mol. The molecule has 0 aromatic heterocycles. The zero-order valence-electron chi connectivity index (χ0n) is 14.2. The molecule has 0 amide bonds. The van der Waals surface area contributed by atoms with Gasteiger partial charge in [-0.2, -0.15) is 0 Å². The van der Waals surface area contributed by atoms with E-state index >= 15 is 0 Å². The Balaban J connectivity index is 4.60.